The molecule has 0 aliphatic carbocycles. The van der Waals surface area contributed by atoms with E-state index in [0.29, 0.717) is 21.7 Å². The number of aromatic nitrogens is 2. The van der Waals surface area contributed by atoms with Crippen molar-refractivity contribution in [2.75, 3.05) is 5.75 Å². The van der Waals surface area contributed by atoms with Gasteiger partial charge in [0, 0.05) is 35.5 Å². The Morgan fingerprint density at radius 2 is 1.70 bits per heavy atom. The minimum Gasteiger partial charge on any atom is -0.480 e. The number of nitrogens with zero attached hydrogens (tertiary/aromatic N) is 1. The molecule has 0 saturated carbocycles. The van der Waals surface area contributed by atoms with E-state index >= 15 is 0 Å². The highest BCUT2D eigenvalue weighted by atomic mass is 32.2. The predicted molar refractivity (Wildman–Crippen MR) is 185 cm³/mol. The number of hydrogen-bond donors (Lipinski definition) is 8. The summed E-state index contributed by atoms with van der Waals surface area (Å²) < 4.78 is 0. The van der Waals surface area contributed by atoms with Crippen molar-refractivity contribution in [3.05, 3.63) is 59.9 Å². The van der Waals surface area contributed by atoms with E-state index in [4.69, 9.17) is 0 Å². The molecule has 1 aliphatic heterocycles. The molecule has 0 saturated heterocycles. The van der Waals surface area contributed by atoms with Gasteiger partial charge in [-0.1, -0.05) is 38.1 Å². The fraction of sp³-hybridized carbons (Fsp3) is 0.441. The summed E-state index contributed by atoms with van der Waals surface area (Å²) in [5.41, 5.74) is 1.92. The van der Waals surface area contributed by atoms with E-state index in [1.165, 1.54) is 13.8 Å². The van der Waals surface area contributed by atoms with Gasteiger partial charge < -0.3 is 41.8 Å². The molecule has 5 amide bonds. The number of benzene rings is 1. The van der Waals surface area contributed by atoms with Crippen LogP contribution in [0, 0.1) is 5.92 Å². The number of H-pyrrole nitrogens is 1. The normalized spacial score (nSPS) is 23.4. The zero-order valence-corrected chi connectivity index (χ0v) is 29.0. The van der Waals surface area contributed by atoms with Gasteiger partial charge in [-0.3, -0.25) is 29.0 Å². The number of aromatic amines is 1. The van der Waals surface area contributed by atoms with Crippen molar-refractivity contribution >= 4 is 58.2 Å². The molecule has 0 spiro atoms. The van der Waals surface area contributed by atoms with Gasteiger partial charge in [0.15, 0.2) is 0 Å². The second-order valence-electron chi connectivity index (χ2n) is 12.7. The lowest BCUT2D eigenvalue weighted by atomic mass is 10.00. The Morgan fingerprint density at radius 1 is 0.960 bits per heavy atom. The minimum absolute atomic E-state index is 0.0417. The van der Waals surface area contributed by atoms with Crippen molar-refractivity contribution in [2.45, 2.75) is 88.3 Å². The number of rotatable bonds is 7. The smallest absolute Gasteiger partial charge is 0.327 e. The zero-order chi connectivity index (χ0) is 36.5. The van der Waals surface area contributed by atoms with Crippen molar-refractivity contribution in [1.29, 1.82) is 0 Å². The van der Waals surface area contributed by atoms with E-state index in [-0.39, 0.29) is 30.9 Å². The second kappa shape index (κ2) is 17.1. The van der Waals surface area contributed by atoms with Gasteiger partial charge in [0.25, 0.3) is 0 Å². The third-order valence-corrected chi connectivity index (χ3v) is 9.22. The Bertz CT molecular complexity index is 1710. The summed E-state index contributed by atoms with van der Waals surface area (Å²) in [6.07, 6.45) is 1.80. The van der Waals surface area contributed by atoms with Gasteiger partial charge >= 0.3 is 5.97 Å². The number of aliphatic carboxylic acids is 1. The number of para-hydroxylation sites is 1. The molecule has 0 unspecified atom stereocenters. The number of carbonyl (C=O) groups is 6. The van der Waals surface area contributed by atoms with Gasteiger partial charge in [0.2, 0.25) is 29.5 Å². The fourth-order valence-corrected chi connectivity index (χ4v) is 6.60. The van der Waals surface area contributed by atoms with Gasteiger partial charge in [-0.15, -0.1) is 11.8 Å². The first-order chi connectivity index (χ1) is 23.7. The van der Waals surface area contributed by atoms with Crippen LogP contribution in [-0.4, -0.2) is 97.8 Å². The zero-order valence-electron chi connectivity index (χ0n) is 28.2. The number of carboxylic acid groups (broad SMARTS) is 1. The lowest BCUT2D eigenvalue weighted by Crippen LogP contribution is -2.60. The topological polar surface area (TPSA) is 232 Å². The van der Waals surface area contributed by atoms with E-state index in [2.05, 4.69) is 36.6 Å². The average Bonchev–Trinajstić information content (AvgIpc) is 3.40. The summed E-state index contributed by atoms with van der Waals surface area (Å²) in [5.74, 6) is -5.13. The number of amides is 5. The van der Waals surface area contributed by atoms with Crippen molar-refractivity contribution in [3.63, 3.8) is 0 Å². The number of aliphatic hydroxyl groups is 1. The van der Waals surface area contributed by atoms with Crippen molar-refractivity contribution in [2.24, 2.45) is 5.92 Å². The molecule has 6 atom stereocenters. The largest absolute Gasteiger partial charge is 0.480 e. The van der Waals surface area contributed by atoms with Gasteiger partial charge in [-0.2, -0.15) is 0 Å². The lowest BCUT2D eigenvalue weighted by Gasteiger charge is -2.27. The quantitative estimate of drug-likeness (QED) is 0.168. The highest BCUT2D eigenvalue weighted by Gasteiger charge is 2.34. The number of carbonyl (C=O) groups excluding carboxylic acids is 5. The highest BCUT2D eigenvalue weighted by molar-refractivity contribution is 7.99. The molecule has 268 valence electrons. The standard InChI is InChI=1S/C34H43N7O8S/c1-17(2)12-24-30(45)36-18(3)29(44)41-28(19(4)42)32(47)39-26(34(48)49)16-50-33-22(21-9-5-6-10-23(21)40-33)14-25(31(46)38-24)37-27(43)13-20-8-7-11-35-15-20/h5-11,15,17-19,24-26,28,40,42H,12-14,16H2,1-4H3,(H,36,45)(H,37,43)(H,38,46)(H,39,47)(H,41,44)(H,48,49)/t18-,19-,24+,25+,26+,28+/m1/s1. The highest BCUT2D eigenvalue weighted by Crippen LogP contribution is 2.31. The Kier molecular flexibility index (Phi) is 13.0. The fourth-order valence-electron chi connectivity index (χ4n) is 5.49. The molecule has 8 N–H and O–H groups in total. The summed E-state index contributed by atoms with van der Waals surface area (Å²) in [4.78, 5) is 86.8. The molecule has 3 heterocycles. The minimum atomic E-state index is -1.53. The van der Waals surface area contributed by atoms with Crippen LogP contribution >= 0.6 is 11.8 Å². The molecule has 50 heavy (non-hydrogen) atoms. The summed E-state index contributed by atoms with van der Waals surface area (Å²) >= 11 is 1.08. The van der Waals surface area contributed by atoms with Crippen LogP contribution in [0.15, 0.2) is 53.8 Å². The molecule has 3 aromatic rings. The van der Waals surface area contributed by atoms with E-state index in [0.717, 1.165) is 17.1 Å². The van der Waals surface area contributed by atoms with Gasteiger partial charge in [-0.25, -0.2) is 4.79 Å². The predicted octanol–water partition coefficient (Wildman–Crippen LogP) is 0.409. The molecule has 16 heteroatoms. The molecular weight excluding hydrogens is 666 g/mol. The van der Waals surface area contributed by atoms with Crippen LogP contribution in [0.2, 0.25) is 0 Å². The Labute approximate surface area is 293 Å². The maximum atomic E-state index is 14.1. The Hall–Kier alpha value is -4.96. The molecule has 1 aromatic carbocycles. The summed E-state index contributed by atoms with van der Waals surface area (Å²) in [6, 6.07) is 4.20. The van der Waals surface area contributed by atoms with Crippen LogP contribution in [0.3, 0.4) is 0 Å². The molecule has 15 nitrogen and oxygen atoms in total. The Balaban J connectivity index is 1.77. The third-order valence-electron chi connectivity index (χ3n) is 8.09. The van der Waals surface area contributed by atoms with Gasteiger partial charge in [0.05, 0.1) is 17.6 Å². The number of thioether (sulfide) groups is 1. The maximum Gasteiger partial charge on any atom is 0.327 e. The van der Waals surface area contributed by atoms with Crippen molar-refractivity contribution < 1.29 is 39.0 Å². The SMILES string of the molecule is CC(C)C[C@@H]1NC(=O)[C@@H](NC(=O)Cc2cccnc2)Cc2c([nH]c3ccccc23)SC[C@@H](C(=O)O)NC(=O)[C@H]([C@@H](C)O)NC(=O)[C@@H](C)NC1=O. The van der Waals surface area contributed by atoms with Crippen LogP contribution < -0.4 is 26.6 Å². The van der Waals surface area contributed by atoms with Crippen LogP contribution in [0.25, 0.3) is 10.9 Å². The summed E-state index contributed by atoms with van der Waals surface area (Å²) in [5, 5.41) is 34.5. The summed E-state index contributed by atoms with van der Waals surface area (Å²) in [6.45, 7) is 6.36. The van der Waals surface area contributed by atoms with Crippen molar-refractivity contribution in [3.8, 4) is 0 Å². The molecule has 2 aromatic heterocycles. The third kappa shape index (κ3) is 10.0. The van der Waals surface area contributed by atoms with Gasteiger partial charge in [-0.05, 0) is 49.4 Å². The Morgan fingerprint density at radius 3 is 2.36 bits per heavy atom. The van der Waals surface area contributed by atoms with E-state index in [1.807, 2.05) is 26.0 Å². The molecule has 0 radical (unpaired) electrons. The van der Waals surface area contributed by atoms with Crippen LogP contribution in [-0.2, 0) is 41.6 Å². The number of hydrogen-bond acceptors (Lipinski definition) is 9. The lowest BCUT2D eigenvalue weighted by molar-refractivity contribution is -0.142. The van der Waals surface area contributed by atoms with Crippen LogP contribution in [0.4, 0.5) is 0 Å². The van der Waals surface area contributed by atoms with E-state index in [9.17, 15) is 39.0 Å². The van der Waals surface area contributed by atoms with Crippen LogP contribution in [0.5, 0.6) is 0 Å². The number of aliphatic hydroxyl groups excluding tert-OH is 1. The van der Waals surface area contributed by atoms with E-state index in [1.54, 1.807) is 36.7 Å². The molecule has 0 bridgehead atoms. The molecular formula is C34H43N7O8S. The number of nitrogens with one attached hydrogen (secondary N) is 6. The molecule has 0 fully saturated rings. The van der Waals surface area contributed by atoms with Crippen molar-refractivity contribution in [1.82, 2.24) is 36.6 Å². The molecule has 4 rings (SSSR count). The monoisotopic (exact) mass is 709 g/mol. The van der Waals surface area contributed by atoms with Gasteiger partial charge in [0.1, 0.15) is 30.2 Å². The number of fused-ring (bicyclic) bond motifs is 3. The average molecular weight is 710 g/mol. The van der Waals surface area contributed by atoms with E-state index < -0.39 is 71.8 Å². The second-order valence-corrected chi connectivity index (χ2v) is 13.7. The maximum absolute atomic E-state index is 14.1. The summed E-state index contributed by atoms with van der Waals surface area (Å²) in [7, 11) is 0. The molecule has 1 aliphatic rings. The first-order valence-electron chi connectivity index (χ1n) is 16.3. The number of carboxylic acids is 1. The first-order valence-corrected chi connectivity index (χ1v) is 17.2. The van der Waals surface area contributed by atoms with Crippen LogP contribution in [0.1, 0.15) is 45.2 Å². The first kappa shape index (κ1) is 37.9. The number of pyridine rings is 1.